The Labute approximate surface area is 159 Å². The quantitative estimate of drug-likeness (QED) is 0.832. The molecular weight excluding hydrogens is 385 g/mol. The van der Waals surface area contributed by atoms with Gasteiger partial charge in [0.15, 0.2) is 0 Å². The average Bonchev–Trinajstić information content (AvgIpc) is 3.21. The SMILES string of the molecule is Cl.N[C@H]1CCCC[C@H]1N1Cc2ccc(-c3noc(C(F)(F)F)n3)cc2C1=O. The van der Waals surface area contributed by atoms with E-state index in [0.29, 0.717) is 17.7 Å². The van der Waals surface area contributed by atoms with Gasteiger partial charge in [-0.1, -0.05) is 30.1 Å². The number of nitrogens with two attached hydrogens (primary N) is 1. The second kappa shape index (κ2) is 7.12. The molecule has 6 nitrogen and oxygen atoms in total. The number of alkyl halides is 3. The van der Waals surface area contributed by atoms with Gasteiger partial charge < -0.3 is 15.2 Å². The van der Waals surface area contributed by atoms with Crippen LogP contribution in [0.15, 0.2) is 22.7 Å². The van der Waals surface area contributed by atoms with Crippen molar-refractivity contribution in [1.29, 1.82) is 0 Å². The number of halogens is 4. The monoisotopic (exact) mass is 402 g/mol. The van der Waals surface area contributed by atoms with Crippen LogP contribution in [0.2, 0.25) is 0 Å². The van der Waals surface area contributed by atoms with E-state index in [1.54, 1.807) is 17.0 Å². The molecular formula is C17H18ClF3N4O2. The molecule has 1 aromatic carbocycles. The molecule has 1 aliphatic carbocycles. The molecule has 2 atom stereocenters. The Morgan fingerprint density at radius 1 is 1.22 bits per heavy atom. The van der Waals surface area contributed by atoms with Crippen LogP contribution in [-0.2, 0) is 12.7 Å². The Kier molecular flexibility index (Phi) is 5.18. The summed E-state index contributed by atoms with van der Waals surface area (Å²) < 4.78 is 42.1. The molecule has 2 heterocycles. The average molecular weight is 403 g/mol. The lowest BCUT2D eigenvalue weighted by Gasteiger charge is -2.35. The first kappa shape index (κ1) is 19.6. The van der Waals surface area contributed by atoms with Gasteiger partial charge in [0, 0.05) is 29.8 Å². The minimum Gasteiger partial charge on any atom is -0.330 e. The molecule has 2 aliphatic rings. The first-order valence-electron chi connectivity index (χ1n) is 8.45. The number of hydrogen-bond acceptors (Lipinski definition) is 5. The Balaban J connectivity index is 0.00000210. The number of nitrogens with zero attached hydrogens (tertiary/aromatic N) is 3. The third kappa shape index (κ3) is 3.53. The van der Waals surface area contributed by atoms with Crippen molar-refractivity contribution in [3.8, 4) is 11.4 Å². The minimum atomic E-state index is -4.70. The highest BCUT2D eigenvalue weighted by atomic mass is 35.5. The first-order chi connectivity index (χ1) is 12.3. The fraction of sp³-hybridized carbons (Fsp3) is 0.471. The van der Waals surface area contributed by atoms with Gasteiger partial charge in [-0.05, 0) is 24.5 Å². The highest BCUT2D eigenvalue weighted by Crippen LogP contribution is 2.34. The predicted molar refractivity (Wildman–Crippen MR) is 92.1 cm³/mol. The number of benzene rings is 1. The van der Waals surface area contributed by atoms with E-state index in [2.05, 4.69) is 14.7 Å². The normalized spacial score (nSPS) is 22.5. The van der Waals surface area contributed by atoms with E-state index < -0.39 is 12.1 Å². The number of hydrogen-bond donors (Lipinski definition) is 1. The van der Waals surface area contributed by atoms with Crippen molar-refractivity contribution in [2.45, 2.75) is 50.5 Å². The van der Waals surface area contributed by atoms with E-state index in [0.717, 1.165) is 31.2 Å². The van der Waals surface area contributed by atoms with Gasteiger partial charge in [-0.3, -0.25) is 4.79 Å². The summed E-state index contributed by atoms with van der Waals surface area (Å²) >= 11 is 0. The van der Waals surface area contributed by atoms with Crippen molar-refractivity contribution in [2.24, 2.45) is 5.73 Å². The molecule has 4 rings (SSSR count). The molecule has 0 bridgehead atoms. The van der Waals surface area contributed by atoms with Crippen LogP contribution in [-0.4, -0.2) is 33.0 Å². The summed E-state index contributed by atoms with van der Waals surface area (Å²) in [5.41, 5.74) is 7.79. The lowest BCUT2D eigenvalue weighted by molar-refractivity contribution is -0.159. The largest absolute Gasteiger partial charge is 0.471 e. The van der Waals surface area contributed by atoms with Crippen LogP contribution in [0.1, 0.15) is 47.5 Å². The maximum Gasteiger partial charge on any atom is 0.471 e. The van der Waals surface area contributed by atoms with Crippen molar-refractivity contribution in [1.82, 2.24) is 15.0 Å². The molecule has 2 aromatic rings. The summed E-state index contributed by atoms with van der Waals surface area (Å²) in [6.07, 6.45) is -0.846. The van der Waals surface area contributed by atoms with Crippen LogP contribution in [0.25, 0.3) is 11.4 Å². The van der Waals surface area contributed by atoms with Crippen LogP contribution in [0, 0.1) is 0 Å². The molecule has 1 aliphatic heterocycles. The third-order valence-corrected chi connectivity index (χ3v) is 5.05. The van der Waals surface area contributed by atoms with Crippen LogP contribution < -0.4 is 5.73 Å². The minimum absolute atomic E-state index is 0. The van der Waals surface area contributed by atoms with E-state index in [-0.39, 0.29) is 36.2 Å². The molecule has 0 unspecified atom stereocenters. The number of rotatable bonds is 2. The van der Waals surface area contributed by atoms with Gasteiger partial charge in [-0.2, -0.15) is 18.2 Å². The Morgan fingerprint density at radius 2 is 1.96 bits per heavy atom. The molecule has 1 aromatic heterocycles. The number of fused-ring (bicyclic) bond motifs is 1. The Morgan fingerprint density at radius 3 is 2.63 bits per heavy atom. The summed E-state index contributed by atoms with van der Waals surface area (Å²) in [7, 11) is 0. The number of aromatic nitrogens is 2. The molecule has 2 N–H and O–H groups in total. The van der Waals surface area contributed by atoms with Gasteiger partial charge in [0.2, 0.25) is 5.82 Å². The fourth-order valence-electron chi connectivity index (χ4n) is 3.71. The maximum absolute atomic E-state index is 12.8. The lowest BCUT2D eigenvalue weighted by atomic mass is 9.90. The second-order valence-electron chi connectivity index (χ2n) is 6.74. The molecule has 1 saturated carbocycles. The molecule has 1 fully saturated rings. The van der Waals surface area contributed by atoms with Gasteiger partial charge in [0.05, 0.1) is 0 Å². The molecule has 0 radical (unpaired) electrons. The number of carbonyl (C=O) groups is 1. The third-order valence-electron chi connectivity index (χ3n) is 5.05. The van der Waals surface area contributed by atoms with Crippen LogP contribution in [0.4, 0.5) is 13.2 Å². The highest BCUT2D eigenvalue weighted by Gasteiger charge is 2.39. The molecule has 0 saturated heterocycles. The van der Waals surface area contributed by atoms with E-state index >= 15 is 0 Å². The predicted octanol–water partition coefficient (Wildman–Crippen LogP) is 3.40. The van der Waals surface area contributed by atoms with Crippen molar-refractivity contribution in [2.75, 3.05) is 0 Å². The second-order valence-corrected chi connectivity index (χ2v) is 6.74. The Hall–Kier alpha value is -2.13. The Bertz CT molecular complexity index is 855. The zero-order chi connectivity index (χ0) is 18.5. The van der Waals surface area contributed by atoms with Crippen molar-refractivity contribution >= 4 is 18.3 Å². The molecule has 1 amide bonds. The van der Waals surface area contributed by atoms with Gasteiger partial charge in [-0.15, -0.1) is 12.4 Å². The molecule has 146 valence electrons. The standard InChI is InChI=1S/C17H17F3N4O2.ClH/c18-17(19,20)16-22-14(23-26-16)9-5-6-10-8-24(15(25)11(10)7-9)13-4-2-1-3-12(13)21;/h5-7,12-13H,1-4,8,21H2;1H/t12-,13+;/m0./s1. The number of amides is 1. The summed E-state index contributed by atoms with van der Waals surface area (Å²) in [5, 5.41) is 3.37. The van der Waals surface area contributed by atoms with E-state index in [9.17, 15) is 18.0 Å². The van der Waals surface area contributed by atoms with Gasteiger partial charge in [0.25, 0.3) is 5.91 Å². The van der Waals surface area contributed by atoms with Gasteiger partial charge in [0.1, 0.15) is 0 Å². The zero-order valence-corrected chi connectivity index (χ0v) is 15.0. The van der Waals surface area contributed by atoms with Crippen LogP contribution >= 0.6 is 12.4 Å². The van der Waals surface area contributed by atoms with Crippen molar-refractivity contribution in [3.63, 3.8) is 0 Å². The van der Waals surface area contributed by atoms with Crippen molar-refractivity contribution in [3.05, 3.63) is 35.2 Å². The summed E-state index contributed by atoms with van der Waals surface area (Å²) in [6.45, 7) is 0.465. The highest BCUT2D eigenvalue weighted by molar-refractivity contribution is 5.99. The molecule has 0 spiro atoms. The summed E-state index contributed by atoms with van der Waals surface area (Å²) in [6, 6.07) is 4.79. The summed E-state index contributed by atoms with van der Waals surface area (Å²) in [4.78, 5) is 18.0. The molecule has 27 heavy (non-hydrogen) atoms. The van der Waals surface area contributed by atoms with E-state index in [1.807, 2.05) is 0 Å². The van der Waals surface area contributed by atoms with Gasteiger partial charge >= 0.3 is 12.1 Å². The van der Waals surface area contributed by atoms with Crippen molar-refractivity contribution < 1.29 is 22.5 Å². The van der Waals surface area contributed by atoms with Gasteiger partial charge in [-0.25, -0.2) is 0 Å². The molecule has 10 heteroatoms. The zero-order valence-electron chi connectivity index (χ0n) is 14.2. The maximum atomic E-state index is 12.8. The van der Waals surface area contributed by atoms with Crippen LogP contribution in [0.3, 0.4) is 0 Å². The summed E-state index contributed by atoms with van der Waals surface area (Å²) in [5.74, 6) is -1.75. The smallest absolute Gasteiger partial charge is 0.330 e. The fourth-order valence-corrected chi connectivity index (χ4v) is 3.71. The number of carbonyl (C=O) groups excluding carboxylic acids is 1. The lowest BCUT2D eigenvalue weighted by Crippen LogP contribution is -2.49. The van der Waals surface area contributed by atoms with Crippen LogP contribution in [0.5, 0.6) is 0 Å². The van der Waals surface area contributed by atoms with E-state index in [1.165, 1.54) is 6.07 Å². The van der Waals surface area contributed by atoms with E-state index in [4.69, 9.17) is 5.73 Å². The first-order valence-corrected chi connectivity index (χ1v) is 8.45. The topological polar surface area (TPSA) is 85.2 Å².